The van der Waals surface area contributed by atoms with E-state index < -0.39 is 0 Å². The molecule has 0 aromatic heterocycles. The number of hydrogen-bond acceptors (Lipinski definition) is 1. The summed E-state index contributed by atoms with van der Waals surface area (Å²) in [7, 11) is 0. The van der Waals surface area contributed by atoms with Crippen LogP contribution in [0.5, 0.6) is 0 Å². The molecule has 0 saturated carbocycles. The zero-order valence-electron chi connectivity index (χ0n) is 4.98. The monoisotopic (exact) mass is 100 g/mol. The Morgan fingerprint density at radius 1 is 1.86 bits per heavy atom. The van der Waals surface area contributed by atoms with Crippen molar-refractivity contribution in [1.82, 2.24) is 0 Å². The Morgan fingerprint density at radius 2 is 2.43 bits per heavy atom. The van der Waals surface area contributed by atoms with E-state index in [1.807, 2.05) is 0 Å². The molecule has 0 unspecified atom stereocenters. The van der Waals surface area contributed by atoms with Crippen molar-refractivity contribution in [2.75, 3.05) is 6.61 Å². The van der Waals surface area contributed by atoms with Crippen LogP contribution >= 0.6 is 0 Å². The van der Waals surface area contributed by atoms with E-state index >= 15 is 0 Å². The van der Waals surface area contributed by atoms with Crippen LogP contribution in [0.1, 0.15) is 20.3 Å². The zero-order chi connectivity index (χ0) is 5.28. The Kier molecular flexibility index (Phi) is 1.33. The molecule has 0 aromatic carbocycles. The summed E-state index contributed by atoms with van der Waals surface area (Å²) in [5.41, 5.74) is 0. The second-order valence-corrected chi connectivity index (χ2v) is 2.26. The van der Waals surface area contributed by atoms with Crippen molar-refractivity contribution in [3.8, 4) is 0 Å². The first-order valence-electron chi connectivity index (χ1n) is 2.96. The van der Waals surface area contributed by atoms with Crippen molar-refractivity contribution in [3.05, 3.63) is 0 Å². The molecule has 0 radical (unpaired) electrons. The van der Waals surface area contributed by atoms with Gasteiger partial charge in [-0.3, -0.25) is 0 Å². The lowest BCUT2D eigenvalue weighted by atomic mass is 10.1. The zero-order valence-corrected chi connectivity index (χ0v) is 4.98. The summed E-state index contributed by atoms with van der Waals surface area (Å²) in [5.74, 6) is 0.792. The van der Waals surface area contributed by atoms with E-state index in [1.165, 1.54) is 6.42 Å². The molecule has 0 aromatic rings. The van der Waals surface area contributed by atoms with Gasteiger partial charge in [-0.2, -0.15) is 0 Å². The SMILES string of the molecule is CC[C@H](C)[C@H]1CO1. The van der Waals surface area contributed by atoms with Crippen molar-refractivity contribution in [1.29, 1.82) is 0 Å². The minimum atomic E-state index is 0.616. The van der Waals surface area contributed by atoms with Crippen LogP contribution in [0.15, 0.2) is 0 Å². The Morgan fingerprint density at radius 3 is 2.57 bits per heavy atom. The van der Waals surface area contributed by atoms with Gasteiger partial charge in [0.15, 0.2) is 0 Å². The van der Waals surface area contributed by atoms with Gasteiger partial charge in [0, 0.05) is 0 Å². The minimum Gasteiger partial charge on any atom is -0.373 e. The largest absolute Gasteiger partial charge is 0.373 e. The smallest absolute Gasteiger partial charge is 0.0835 e. The minimum absolute atomic E-state index is 0.616. The molecule has 0 amide bonds. The molecular formula is C6H12O. The molecule has 0 N–H and O–H groups in total. The van der Waals surface area contributed by atoms with Gasteiger partial charge in [-0.15, -0.1) is 0 Å². The molecule has 2 atom stereocenters. The van der Waals surface area contributed by atoms with Crippen LogP contribution in [0.2, 0.25) is 0 Å². The Labute approximate surface area is 44.7 Å². The highest BCUT2D eigenvalue weighted by atomic mass is 16.6. The number of epoxide rings is 1. The average Bonchev–Trinajstić information content (AvgIpc) is 2.44. The normalized spacial score (nSPS) is 32.6. The Balaban J connectivity index is 2.10. The van der Waals surface area contributed by atoms with E-state index in [0.29, 0.717) is 6.10 Å². The maximum absolute atomic E-state index is 5.06. The maximum atomic E-state index is 5.06. The molecule has 0 aliphatic carbocycles. The number of rotatable bonds is 2. The molecule has 1 fully saturated rings. The molecule has 42 valence electrons. The predicted molar refractivity (Wildman–Crippen MR) is 29.2 cm³/mol. The molecule has 1 saturated heterocycles. The summed E-state index contributed by atoms with van der Waals surface area (Å²) in [5, 5.41) is 0. The van der Waals surface area contributed by atoms with Crippen LogP contribution in [0.3, 0.4) is 0 Å². The molecule has 1 heterocycles. The highest BCUT2D eigenvalue weighted by molar-refractivity contribution is 4.74. The number of ether oxygens (including phenoxy) is 1. The molecule has 1 aliphatic rings. The van der Waals surface area contributed by atoms with E-state index in [2.05, 4.69) is 13.8 Å². The van der Waals surface area contributed by atoms with Crippen LogP contribution in [-0.4, -0.2) is 12.7 Å². The summed E-state index contributed by atoms with van der Waals surface area (Å²) in [6.07, 6.45) is 1.87. The third kappa shape index (κ3) is 1.16. The quantitative estimate of drug-likeness (QED) is 0.478. The molecule has 0 bridgehead atoms. The molecule has 7 heavy (non-hydrogen) atoms. The van der Waals surface area contributed by atoms with Crippen LogP contribution in [-0.2, 0) is 4.74 Å². The first kappa shape index (κ1) is 5.10. The fraction of sp³-hybridized carbons (Fsp3) is 1.00. The average molecular weight is 100 g/mol. The van der Waals surface area contributed by atoms with Crippen LogP contribution in [0.25, 0.3) is 0 Å². The lowest BCUT2D eigenvalue weighted by Crippen LogP contribution is -1.99. The highest BCUT2D eigenvalue weighted by Gasteiger charge is 2.27. The van der Waals surface area contributed by atoms with Crippen molar-refractivity contribution in [2.45, 2.75) is 26.4 Å². The van der Waals surface area contributed by atoms with Gasteiger partial charge in [-0.1, -0.05) is 20.3 Å². The van der Waals surface area contributed by atoms with Crippen molar-refractivity contribution in [3.63, 3.8) is 0 Å². The van der Waals surface area contributed by atoms with E-state index in [4.69, 9.17) is 4.74 Å². The van der Waals surface area contributed by atoms with E-state index in [-0.39, 0.29) is 0 Å². The summed E-state index contributed by atoms with van der Waals surface area (Å²) >= 11 is 0. The van der Waals surface area contributed by atoms with Crippen molar-refractivity contribution in [2.24, 2.45) is 5.92 Å². The molecule has 1 heteroatoms. The predicted octanol–water partition coefficient (Wildman–Crippen LogP) is 1.43. The summed E-state index contributed by atoms with van der Waals surface area (Å²) in [4.78, 5) is 0. The Hall–Kier alpha value is -0.0400. The van der Waals surface area contributed by atoms with Crippen molar-refractivity contribution < 1.29 is 4.74 Å². The van der Waals surface area contributed by atoms with Gasteiger partial charge < -0.3 is 4.74 Å². The van der Waals surface area contributed by atoms with E-state index in [9.17, 15) is 0 Å². The Bertz CT molecular complexity index is 57.2. The van der Waals surface area contributed by atoms with E-state index in [1.54, 1.807) is 0 Å². The molecule has 0 spiro atoms. The standard InChI is InChI=1S/C6H12O/c1-3-5(2)6-4-7-6/h5-6H,3-4H2,1-2H3/t5-,6+/m0/s1. The van der Waals surface area contributed by atoms with Gasteiger partial charge in [0.05, 0.1) is 12.7 Å². The first-order valence-corrected chi connectivity index (χ1v) is 2.96. The van der Waals surface area contributed by atoms with Gasteiger partial charge >= 0.3 is 0 Å². The summed E-state index contributed by atoms with van der Waals surface area (Å²) in [6.45, 7) is 5.44. The number of hydrogen-bond donors (Lipinski definition) is 0. The van der Waals surface area contributed by atoms with Crippen molar-refractivity contribution >= 4 is 0 Å². The van der Waals surface area contributed by atoms with Gasteiger partial charge in [0.1, 0.15) is 0 Å². The molecule has 1 aliphatic heterocycles. The van der Waals surface area contributed by atoms with Gasteiger partial charge in [-0.05, 0) is 5.92 Å². The third-order valence-electron chi connectivity index (χ3n) is 1.64. The third-order valence-corrected chi connectivity index (χ3v) is 1.64. The molecule has 1 rings (SSSR count). The van der Waals surface area contributed by atoms with Gasteiger partial charge in [-0.25, -0.2) is 0 Å². The summed E-state index contributed by atoms with van der Waals surface area (Å²) < 4.78 is 5.06. The molecular weight excluding hydrogens is 88.1 g/mol. The topological polar surface area (TPSA) is 12.5 Å². The lowest BCUT2D eigenvalue weighted by molar-refractivity contribution is 0.337. The van der Waals surface area contributed by atoms with Gasteiger partial charge in [0.25, 0.3) is 0 Å². The second kappa shape index (κ2) is 1.83. The first-order chi connectivity index (χ1) is 3.34. The van der Waals surface area contributed by atoms with E-state index in [0.717, 1.165) is 12.5 Å². The van der Waals surface area contributed by atoms with Crippen LogP contribution < -0.4 is 0 Å². The van der Waals surface area contributed by atoms with Gasteiger partial charge in [0.2, 0.25) is 0 Å². The maximum Gasteiger partial charge on any atom is 0.0835 e. The lowest BCUT2D eigenvalue weighted by Gasteiger charge is -1.98. The fourth-order valence-electron chi connectivity index (χ4n) is 0.647. The molecule has 1 nitrogen and oxygen atoms in total. The van der Waals surface area contributed by atoms with Crippen LogP contribution in [0, 0.1) is 5.92 Å². The fourth-order valence-corrected chi connectivity index (χ4v) is 0.647. The summed E-state index contributed by atoms with van der Waals surface area (Å²) in [6, 6.07) is 0. The second-order valence-electron chi connectivity index (χ2n) is 2.26. The highest BCUT2D eigenvalue weighted by Crippen LogP contribution is 2.21. The van der Waals surface area contributed by atoms with Crippen LogP contribution in [0.4, 0.5) is 0 Å².